The Morgan fingerprint density at radius 3 is 2.76 bits per heavy atom. The molecule has 1 saturated carbocycles. The zero-order valence-corrected chi connectivity index (χ0v) is 11.4. The van der Waals surface area contributed by atoms with Crippen LogP contribution in [0.5, 0.6) is 5.75 Å². The maximum Gasteiger partial charge on any atom is 0.125 e. The highest BCUT2D eigenvalue weighted by molar-refractivity contribution is 9.10. The molecule has 1 aromatic rings. The Kier molecular flexibility index (Phi) is 4.07. The van der Waals surface area contributed by atoms with Crippen LogP contribution in [0.2, 0.25) is 0 Å². The molecule has 0 aromatic heterocycles. The molecule has 1 aromatic carbocycles. The molecule has 1 aliphatic carbocycles. The fourth-order valence-corrected chi connectivity index (χ4v) is 2.54. The van der Waals surface area contributed by atoms with Crippen molar-refractivity contribution in [3.63, 3.8) is 0 Å². The third-order valence-electron chi connectivity index (χ3n) is 3.12. The standard InChI is InChI=1S/C13H17BrO3/c1-8(15)10-7-9(14)5-6-12(10)17-13-4-2-3-11(13)16/h5-8,11,13,15-16H,2-4H2,1H3. The average molecular weight is 301 g/mol. The van der Waals surface area contributed by atoms with E-state index in [9.17, 15) is 10.2 Å². The molecule has 3 nitrogen and oxygen atoms in total. The van der Waals surface area contributed by atoms with Crippen LogP contribution in [-0.2, 0) is 0 Å². The van der Waals surface area contributed by atoms with Gasteiger partial charge >= 0.3 is 0 Å². The van der Waals surface area contributed by atoms with Gasteiger partial charge in [0.1, 0.15) is 11.9 Å². The second-order valence-electron chi connectivity index (χ2n) is 4.51. The highest BCUT2D eigenvalue weighted by atomic mass is 79.9. The fourth-order valence-electron chi connectivity index (χ4n) is 2.16. The third kappa shape index (κ3) is 3.00. The number of aliphatic hydroxyl groups is 2. The van der Waals surface area contributed by atoms with Gasteiger partial charge in [-0.2, -0.15) is 0 Å². The second-order valence-corrected chi connectivity index (χ2v) is 5.43. The molecule has 0 spiro atoms. The molecular formula is C13H17BrO3. The van der Waals surface area contributed by atoms with E-state index in [1.165, 1.54) is 0 Å². The van der Waals surface area contributed by atoms with Crippen molar-refractivity contribution in [2.45, 2.75) is 44.5 Å². The Balaban J connectivity index is 2.19. The molecule has 3 atom stereocenters. The molecule has 0 amide bonds. The van der Waals surface area contributed by atoms with Crippen LogP contribution in [0.3, 0.4) is 0 Å². The maximum absolute atomic E-state index is 9.74. The van der Waals surface area contributed by atoms with E-state index in [1.807, 2.05) is 18.2 Å². The summed E-state index contributed by atoms with van der Waals surface area (Å²) >= 11 is 3.37. The highest BCUT2D eigenvalue weighted by Gasteiger charge is 2.27. The number of ether oxygens (including phenoxy) is 1. The molecule has 2 N–H and O–H groups in total. The van der Waals surface area contributed by atoms with E-state index in [0.717, 1.165) is 29.3 Å². The normalized spacial score (nSPS) is 25.9. The van der Waals surface area contributed by atoms with E-state index in [4.69, 9.17) is 4.74 Å². The number of aliphatic hydroxyl groups excluding tert-OH is 2. The summed E-state index contributed by atoms with van der Waals surface area (Å²) in [5, 5.41) is 19.4. The van der Waals surface area contributed by atoms with E-state index in [1.54, 1.807) is 6.92 Å². The molecule has 0 aliphatic heterocycles. The second kappa shape index (κ2) is 5.38. The van der Waals surface area contributed by atoms with Crippen LogP contribution in [0.25, 0.3) is 0 Å². The Hall–Kier alpha value is -0.580. The van der Waals surface area contributed by atoms with E-state index < -0.39 is 6.10 Å². The quantitative estimate of drug-likeness (QED) is 0.902. The zero-order chi connectivity index (χ0) is 12.4. The lowest BCUT2D eigenvalue weighted by atomic mass is 10.1. The first-order chi connectivity index (χ1) is 8.08. The van der Waals surface area contributed by atoms with E-state index >= 15 is 0 Å². The molecule has 1 fully saturated rings. The van der Waals surface area contributed by atoms with Crippen LogP contribution in [0, 0.1) is 0 Å². The average Bonchev–Trinajstić information content (AvgIpc) is 2.67. The van der Waals surface area contributed by atoms with Crippen LogP contribution < -0.4 is 4.74 Å². The van der Waals surface area contributed by atoms with Crippen molar-refractivity contribution in [1.82, 2.24) is 0 Å². The number of hydrogen-bond acceptors (Lipinski definition) is 3. The van der Waals surface area contributed by atoms with Gasteiger partial charge in [0.25, 0.3) is 0 Å². The highest BCUT2D eigenvalue weighted by Crippen LogP contribution is 2.32. The first-order valence-corrected chi connectivity index (χ1v) is 6.69. The van der Waals surface area contributed by atoms with Crippen LogP contribution in [-0.4, -0.2) is 22.4 Å². The monoisotopic (exact) mass is 300 g/mol. The molecular weight excluding hydrogens is 284 g/mol. The molecule has 17 heavy (non-hydrogen) atoms. The van der Waals surface area contributed by atoms with Gasteiger partial charge in [0, 0.05) is 10.0 Å². The van der Waals surface area contributed by atoms with Crippen LogP contribution in [0.1, 0.15) is 37.9 Å². The Bertz CT molecular complexity index is 392. The van der Waals surface area contributed by atoms with Crippen molar-refractivity contribution in [2.75, 3.05) is 0 Å². The summed E-state index contributed by atoms with van der Waals surface area (Å²) in [6, 6.07) is 5.56. The Morgan fingerprint density at radius 2 is 2.18 bits per heavy atom. The molecule has 2 rings (SSSR count). The number of rotatable bonds is 3. The van der Waals surface area contributed by atoms with Gasteiger partial charge in [-0.05, 0) is 44.4 Å². The van der Waals surface area contributed by atoms with Crippen LogP contribution in [0.4, 0.5) is 0 Å². The van der Waals surface area contributed by atoms with E-state index in [2.05, 4.69) is 15.9 Å². The van der Waals surface area contributed by atoms with Crippen LogP contribution in [0.15, 0.2) is 22.7 Å². The third-order valence-corrected chi connectivity index (χ3v) is 3.61. The van der Waals surface area contributed by atoms with Gasteiger partial charge in [-0.15, -0.1) is 0 Å². The van der Waals surface area contributed by atoms with Gasteiger partial charge in [-0.25, -0.2) is 0 Å². The minimum absolute atomic E-state index is 0.145. The predicted octanol–water partition coefficient (Wildman–Crippen LogP) is 2.79. The van der Waals surface area contributed by atoms with Crippen molar-refractivity contribution >= 4 is 15.9 Å². The molecule has 4 heteroatoms. The summed E-state index contributed by atoms with van der Waals surface area (Å²) in [6.07, 6.45) is 1.55. The summed E-state index contributed by atoms with van der Waals surface area (Å²) in [7, 11) is 0. The zero-order valence-electron chi connectivity index (χ0n) is 9.77. The van der Waals surface area contributed by atoms with Gasteiger partial charge in [-0.1, -0.05) is 15.9 Å². The topological polar surface area (TPSA) is 49.7 Å². The lowest BCUT2D eigenvalue weighted by Crippen LogP contribution is -2.26. The molecule has 0 saturated heterocycles. The number of benzene rings is 1. The first-order valence-electron chi connectivity index (χ1n) is 5.90. The fraction of sp³-hybridized carbons (Fsp3) is 0.538. The van der Waals surface area contributed by atoms with E-state index in [-0.39, 0.29) is 12.2 Å². The van der Waals surface area contributed by atoms with Gasteiger partial charge in [-0.3, -0.25) is 0 Å². The van der Waals surface area contributed by atoms with Gasteiger partial charge in [0.2, 0.25) is 0 Å². The summed E-state index contributed by atoms with van der Waals surface area (Å²) < 4.78 is 6.71. The minimum atomic E-state index is -0.582. The SMILES string of the molecule is CC(O)c1cc(Br)ccc1OC1CCCC1O. The van der Waals surface area contributed by atoms with Crippen molar-refractivity contribution in [3.05, 3.63) is 28.2 Å². The molecule has 0 radical (unpaired) electrons. The van der Waals surface area contributed by atoms with Crippen molar-refractivity contribution in [1.29, 1.82) is 0 Å². The Labute approximate surface area is 110 Å². The Morgan fingerprint density at radius 1 is 1.41 bits per heavy atom. The first kappa shape index (κ1) is 12.9. The molecule has 3 unspecified atom stereocenters. The lowest BCUT2D eigenvalue weighted by Gasteiger charge is -2.20. The summed E-state index contributed by atoms with van der Waals surface area (Å²) in [4.78, 5) is 0. The molecule has 94 valence electrons. The van der Waals surface area contributed by atoms with Crippen LogP contribution >= 0.6 is 15.9 Å². The van der Waals surface area contributed by atoms with Gasteiger partial charge in [0.05, 0.1) is 12.2 Å². The van der Waals surface area contributed by atoms with Gasteiger partial charge in [0.15, 0.2) is 0 Å². The minimum Gasteiger partial charge on any atom is -0.487 e. The smallest absolute Gasteiger partial charge is 0.125 e. The van der Waals surface area contributed by atoms with Crippen molar-refractivity contribution in [2.24, 2.45) is 0 Å². The molecule has 0 heterocycles. The number of halogens is 1. The summed E-state index contributed by atoms with van der Waals surface area (Å²) in [5.74, 6) is 0.661. The van der Waals surface area contributed by atoms with Gasteiger partial charge < -0.3 is 14.9 Å². The van der Waals surface area contributed by atoms with E-state index in [0.29, 0.717) is 5.75 Å². The molecule has 1 aliphatic rings. The maximum atomic E-state index is 9.74. The molecule has 0 bridgehead atoms. The summed E-state index contributed by atoms with van der Waals surface area (Å²) in [5.41, 5.74) is 0.749. The van der Waals surface area contributed by atoms with Crippen molar-refractivity contribution in [3.8, 4) is 5.75 Å². The predicted molar refractivity (Wildman–Crippen MR) is 69.0 cm³/mol. The number of hydrogen-bond donors (Lipinski definition) is 2. The largest absolute Gasteiger partial charge is 0.487 e. The lowest BCUT2D eigenvalue weighted by molar-refractivity contribution is 0.0577. The summed E-state index contributed by atoms with van der Waals surface area (Å²) in [6.45, 7) is 1.71. The van der Waals surface area contributed by atoms with Crippen molar-refractivity contribution < 1.29 is 14.9 Å².